The first-order valence-corrected chi connectivity index (χ1v) is 21.2. The molecule has 0 amide bonds. The molecule has 0 aliphatic carbocycles. The number of pyridine rings is 2. The molecule has 0 saturated heterocycles. The predicted octanol–water partition coefficient (Wildman–Crippen LogP) is 15.2. The van der Waals surface area contributed by atoms with Crippen molar-refractivity contribution >= 4 is 54.1 Å². The number of nitriles is 1. The van der Waals surface area contributed by atoms with Crippen molar-refractivity contribution in [2.75, 3.05) is 0 Å². The zero-order valence-corrected chi connectivity index (χ0v) is 34.1. The van der Waals surface area contributed by atoms with Gasteiger partial charge in [-0.05, 0) is 125 Å². The van der Waals surface area contributed by atoms with Crippen molar-refractivity contribution in [3.05, 3.63) is 224 Å². The van der Waals surface area contributed by atoms with Crippen LogP contribution in [0.15, 0.2) is 219 Å². The van der Waals surface area contributed by atoms with Gasteiger partial charge in [0.25, 0.3) is 0 Å². The molecular formula is C59H36N4. The number of aromatic nitrogens is 3. The van der Waals surface area contributed by atoms with Gasteiger partial charge in [0, 0.05) is 52.4 Å². The van der Waals surface area contributed by atoms with Gasteiger partial charge in [-0.2, -0.15) is 5.26 Å². The van der Waals surface area contributed by atoms with E-state index in [1.54, 1.807) is 12.4 Å². The third-order valence-electron chi connectivity index (χ3n) is 12.6. The van der Waals surface area contributed by atoms with Crippen molar-refractivity contribution in [1.29, 1.82) is 5.26 Å². The van der Waals surface area contributed by atoms with E-state index in [2.05, 4.69) is 190 Å². The van der Waals surface area contributed by atoms with Gasteiger partial charge < -0.3 is 4.57 Å². The largest absolute Gasteiger partial charge is 0.309 e. The standard InChI is InChI=1S/C59H36N4/c60-35-38-22-24-49-50-25-23-40(34-57(50)63(56(49)30-38)45-32-43(41-14-10-28-61-36-41)31-44(33-45)42-15-11-29-62-37-42)58-51-18-6-8-20-53(51)59(54-21-9-7-19-52(54)58)55-27-26-46(39-12-2-1-3-13-39)47-16-4-5-17-48(47)55/h1-34,36-37H. The molecule has 0 aliphatic heterocycles. The summed E-state index contributed by atoms with van der Waals surface area (Å²) in [4.78, 5) is 8.95. The molecule has 3 heterocycles. The molecule has 9 aromatic carbocycles. The summed E-state index contributed by atoms with van der Waals surface area (Å²) in [6.45, 7) is 0. The lowest BCUT2D eigenvalue weighted by atomic mass is 9.83. The SMILES string of the molecule is N#Cc1ccc2c3ccc(-c4c5ccccc5c(-c5ccc(-c6ccccc6)c6ccccc56)c5ccccc45)cc3n(-c3cc(-c4cccnc4)cc(-c4cccnc4)c3)c2c1. The van der Waals surface area contributed by atoms with Crippen molar-refractivity contribution in [3.63, 3.8) is 0 Å². The van der Waals surface area contributed by atoms with Crippen LogP contribution in [0.4, 0.5) is 0 Å². The van der Waals surface area contributed by atoms with Crippen LogP contribution in [-0.4, -0.2) is 14.5 Å². The minimum absolute atomic E-state index is 0.611. The maximum absolute atomic E-state index is 10.2. The van der Waals surface area contributed by atoms with Crippen molar-refractivity contribution in [3.8, 4) is 67.4 Å². The molecular weight excluding hydrogens is 765 g/mol. The average molecular weight is 801 g/mol. The minimum atomic E-state index is 0.611. The quantitative estimate of drug-likeness (QED) is 0.157. The number of hydrogen-bond donors (Lipinski definition) is 0. The lowest BCUT2D eigenvalue weighted by Crippen LogP contribution is -1.97. The van der Waals surface area contributed by atoms with Crippen LogP contribution in [-0.2, 0) is 0 Å². The molecule has 0 aliphatic rings. The van der Waals surface area contributed by atoms with Crippen LogP contribution in [0.25, 0.3) is 115 Å². The molecule has 63 heavy (non-hydrogen) atoms. The zero-order chi connectivity index (χ0) is 41.9. The van der Waals surface area contributed by atoms with Gasteiger partial charge >= 0.3 is 0 Å². The fourth-order valence-electron chi connectivity index (χ4n) is 9.78. The fourth-order valence-corrected chi connectivity index (χ4v) is 9.78. The monoisotopic (exact) mass is 800 g/mol. The van der Waals surface area contributed by atoms with Crippen molar-refractivity contribution in [2.45, 2.75) is 0 Å². The summed E-state index contributed by atoms with van der Waals surface area (Å²) in [6, 6.07) is 71.9. The Bertz CT molecular complexity index is 3670. The predicted molar refractivity (Wildman–Crippen MR) is 261 cm³/mol. The van der Waals surface area contributed by atoms with Crippen LogP contribution in [0.3, 0.4) is 0 Å². The molecule has 0 spiro atoms. The van der Waals surface area contributed by atoms with Crippen LogP contribution < -0.4 is 0 Å². The molecule has 0 bridgehead atoms. The first-order valence-electron chi connectivity index (χ1n) is 21.2. The minimum Gasteiger partial charge on any atom is -0.309 e. The van der Waals surface area contributed by atoms with Gasteiger partial charge in [-0.3, -0.25) is 9.97 Å². The normalized spacial score (nSPS) is 11.5. The summed E-state index contributed by atoms with van der Waals surface area (Å²) in [6.07, 6.45) is 7.42. The molecule has 0 fully saturated rings. The summed E-state index contributed by atoms with van der Waals surface area (Å²) in [5, 5.41) is 19.6. The van der Waals surface area contributed by atoms with E-state index in [1.807, 2.05) is 36.7 Å². The Morgan fingerprint density at radius 1 is 0.349 bits per heavy atom. The second-order valence-corrected chi connectivity index (χ2v) is 16.1. The maximum atomic E-state index is 10.2. The van der Waals surface area contributed by atoms with E-state index < -0.39 is 0 Å². The number of benzene rings is 9. The van der Waals surface area contributed by atoms with Gasteiger partial charge in [0.15, 0.2) is 0 Å². The van der Waals surface area contributed by atoms with Gasteiger partial charge in [-0.25, -0.2) is 0 Å². The molecule has 12 aromatic rings. The smallest absolute Gasteiger partial charge is 0.0992 e. The van der Waals surface area contributed by atoms with E-state index in [0.29, 0.717) is 5.56 Å². The van der Waals surface area contributed by atoms with Gasteiger partial charge in [0.05, 0.1) is 22.7 Å². The first-order chi connectivity index (χ1) is 31.2. The Kier molecular flexibility index (Phi) is 8.52. The van der Waals surface area contributed by atoms with Crippen LogP contribution in [0.1, 0.15) is 5.56 Å². The lowest BCUT2D eigenvalue weighted by molar-refractivity contribution is 1.18. The van der Waals surface area contributed by atoms with E-state index in [0.717, 1.165) is 55.3 Å². The highest BCUT2D eigenvalue weighted by molar-refractivity contribution is 6.24. The molecule has 4 heteroatoms. The van der Waals surface area contributed by atoms with Gasteiger partial charge in [-0.1, -0.05) is 146 Å². The number of hydrogen-bond acceptors (Lipinski definition) is 3. The molecule has 0 radical (unpaired) electrons. The van der Waals surface area contributed by atoms with Crippen LogP contribution >= 0.6 is 0 Å². The zero-order valence-electron chi connectivity index (χ0n) is 34.1. The topological polar surface area (TPSA) is 54.5 Å². The summed E-state index contributed by atoms with van der Waals surface area (Å²) in [7, 11) is 0. The first kappa shape index (κ1) is 36.2. The fraction of sp³-hybridized carbons (Fsp3) is 0. The molecule has 292 valence electrons. The van der Waals surface area contributed by atoms with Crippen molar-refractivity contribution in [2.24, 2.45) is 0 Å². The maximum Gasteiger partial charge on any atom is 0.0992 e. The summed E-state index contributed by atoms with van der Waals surface area (Å²) in [5.41, 5.74) is 14.9. The third kappa shape index (κ3) is 5.98. The molecule has 3 aromatic heterocycles. The number of rotatable bonds is 6. The number of fused-ring (bicyclic) bond motifs is 6. The molecule has 0 atom stereocenters. The van der Waals surface area contributed by atoms with E-state index >= 15 is 0 Å². The van der Waals surface area contributed by atoms with E-state index in [4.69, 9.17) is 0 Å². The van der Waals surface area contributed by atoms with Crippen LogP contribution in [0.2, 0.25) is 0 Å². The van der Waals surface area contributed by atoms with Crippen LogP contribution in [0.5, 0.6) is 0 Å². The Morgan fingerprint density at radius 3 is 1.44 bits per heavy atom. The highest BCUT2D eigenvalue weighted by Gasteiger charge is 2.21. The lowest BCUT2D eigenvalue weighted by Gasteiger charge is -2.20. The van der Waals surface area contributed by atoms with E-state index in [9.17, 15) is 5.26 Å². The molecule has 12 rings (SSSR count). The van der Waals surface area contributed by atoms with Crippen molar-refractivity contribution < 1.29 is 0 Å². The van der Waals surface area contributed by atoms with E-state index in [1.165, 1.54) is 60.1 Å². The molecule has 0 N–H and O–H groups in total. The Labute approximate surface area is 364 Å². The Morgan fingerprint density at radius 2 is 0.857 bits per heavy atom. The summed E-state index contributed by atoms with van der Waals surface area (Å²) in [5.74, 6) is 0. The molecule has 0 unspecified atom stereocenters. The Balaban J connectivity index is 1.14. The van der Waals surface area contributed by atoms with Gasteiger partial charge in [-0.15, -0.1) is 0 Å². The van der Waals surface area contributed by atoms with Gasteiger partial charge in [0.1, 0.15) is 0 Å². The third-order valence-corrected chi connectivity index (χ3v) is 12.6. The molecule has 0 saturated carbocycles. The van der Waals surface area contributed by atoms with Crippen molar-refractivity contribution in [1.82, 2.24) is 14.5 Å². The molecule has 4 nitrogen and oxygen atoms in total. The van der Waals surface area contributed by atoms with E-state index in [-0.39, 0.29) is 0 Å². The summed E-state index contributed by atoms with van der Waals surface area (Å²) < 4.78 is 2.33. The Hall–Kier alpha value is -8.65. The highest BCUT2D eigenvalue weighted by Crippen LogP contribution is 2.47. The number of nitrogens with zero attached hydrogens (tertiary/aromatic N) is 4. The second kappa shape index (κ2) is 14.8. The average Bonchev–Trinajstić information content (AvgIpc) is 3.69. The second-order valence-electron chi connectivity index (χ2n) is 16.1. The van der Waals surface area contributed by atoms with Crippen LogP contribution in [0, 0.1) is 11.3 Å². The van der Waals surface area contributed by atoms with Gasteiger partial charge in [0.2, 0.25) is 0 Å². The summed E-state index contributed by atoms with van der Waals surface area (Å²) >= 11 is 0. The highest BCUT2D eigenvalue weighted by atomic mass is 15.0.